The van der Waals surface area contributed by atoms with E-state index in [-0.39, 0.29) is 17.5 Å². The number of para-hydroxylation sites is 2. The van der Waals surface area contributed by atoms with Crippen LogP contribution in [0, 0.1) is 6.92 Å². The van der Waals surface area contributed by atoms with Gasteiger partial charge < -0.3 is 4.74 Å². The summed E-state index contributed by atoms with van der Waals surface area (Å²) < 4.78 is 87.2. The van der Waals surface area contributed by atoms with Gasteiger partial charge in [0.15, 0.2) is 0 Å². The average molecular weight is 570 g/mol. The van der Waals surface area contributed by atoms with Crippen molar-refractivity contribution in [3.05, 3.63) is 130 Å². The van der Waals surface area contributed by atoms with E-state index in [0.29, 0.717) is 34.6 Å². The van der Waals surface area contributed by atoms with Crippen LogP contribution in [0.2, 0.25) is 0 Å². The highest BCUT2D eigenvalue weighted by atomic mass is 19.4. The van der Waals surface area contributed by atoms with Crippen LogP contribution in [0.4, 0.5) is 37.7 Å². The molecule has 0 fully saturated rings. The van der Waals surface area contributed by atoms with E-state index in [2.05, 4.69) is 0 Å². The number of carbonyl (C=O) groups is 1. The largest absolute Gasteiger partial charge is 0.416 e. The first-order chi connectivity index (χ1) is 19.3. The van der Waals surface area contributed by atoms with E-state index < -0.39 is 41.6 Å². The summed E-state index contributed by atoms with van der Waals surface area (Å²) in [5.74, 6) is -0.338. The molecule has 9 heteroatoms. The van der Waals surface area contributed by atoms with Gasteiger partial charge >= 0.3 is 12.4 Å². The fourth-order valence-corrected chi connectivity index (χ4v) is 5.27. The summed E-state index contributed by atoms with van der Waals surface area (Å²) in [5, 5.41) is 0. The number of fused-ring (bicyclic) bond motifs is 1. The normalized spacial score (nSPS) is 18.0. The van der Waals surface area contributed by atoms with Crippen LogP contribution in [-0.2, 0) is 33.9 Å². The maximum Gasteiger partial charge on any atom is 0.416 e. The third-order valence-electron chi connectivity index (χ3n) is 7.33. The SMILES string of the molecule is Cc1ccc([C@H](OCc2cc(C(F)(F)F)cc(C(F)(F)F)c2)[C@]2(C)C(=O)N(c3ccccc3)c3ccccc32)cc1. The van der Waals surface area contributed by atoms with Crippen molar-refractivity contribution in [2.45, 2.75) is 44.3 Å². The zero-order valence-electron chi connectivity index (χ0n) is 22.1. The van der Waals surface area contributed by atoms with Crippen LogP contribution in [0.3, 0.4) is 0 Å². The number of rotatable bonds is 6. The number of carbonyl (C=O) groups excluding carboxylic acids is 1. The van der Waals surface area contributed by atoms with Gasteiger partial charge in [-0.15, -0.1) is 0 Å². The number of hydrogen-bond donors (Lipinski definition) is 0. The predicted molar refractivity (Wildman–Crippen MR) is 143 cm³/mol. The Morgan fingerprint density at radius 3 is 1.93 bits per heavy atom. The van der Waals surface area contributed by atoms with Crippen LogP contribution in [0.5, 0.6) is 0 Å². The molecule has 3 nitrogen and oxygen atoms in total. The molecule has 0 saturated carbocycles. The Hall–Kier alpha value is -4.11. The van der Waals surface area contributed by atoms with Crippen LogP contribution in [0.1, 0.15) is 46.4 Å². The summed E-state index contributed by atoms with van der Waals surface area (Å²) in [4.78, 5) is 15.9. The third kappa shape index (κ3) is 5.34. The standard InChI is InChI=1S/C32H25F6NO2/c1-20-12-14-22(15-13-20)28(41-19-21-16-23(31(33,34)35)18-24(17-21)32(36,37)38)30(2)26-10-6-7-11-27(26)39(29(30)40)25-8-4-3-5-9-25/h3-18,28H,19H2,1-2H3/t28-,30+/m0/s1. The fourth-order valence-electron chi connectivity index (χ4n) is 5.27. The molecule has 0 unspecified atom stereocenters. The molecule has 0 radical (unpaired) electrons. The highest BCUT2D eigenvalue weighted by Gasteiger charge is 2.54. The second kappa shape index (κ2) is 10.4. The minimum atomic E-state index is -4.99. The lowest BCUT2D eigenvalue weighted by Gasteiger charge is -2.34. The molecule has 4 aromatic carbocycles. The number of aryl methyl sites for hydroxylation is 1. The van der Waals surface area contributed by atoms with Gasteiger partial charge in [-0.25, -0.2) is 0 Å². The molecule has 4 aromatic rings. The number of anilines is 2. The van der Waals surface area contributed by atoms with E-state index in [0.717, 1.165) is 5.56 Å². The minimum Gasteiger partial charge on any atom is -0.367 e. The van der Waals surface area contributed by atoms with Crippen molar-refractivity contribution in [2.75, 3.05) is 4.90 Å². The molecule has 1 aliphatic rings. The first kappa shape index (κ1) is 28.4. The molecular weight excluding hydrogens is 544 g/mol. The molecule has 0 saturated heterocycles. The van der Waals surface area contributed by atoms with Crippen LogP contribution < -0.4 is 4.90 Å². The molecule has 212 valence electrons. The number of nitrogens with zero attached hydrogens (tertiary/aromatic N) is 1. The lowest BCUT2D eigenvalue weighted by Crippen LogP contribution is -2.42. The summed E-state index contributed by atoms with van der Waals surface area (Å²) >= 11 is 0. The molecule has 0 aliphatic carbocycles. The zero-order valence-corrected chi connectivity index (χ0v) is 22.1. The van der Waals surface area contributed by atoms with Gasteiger partial charge in [0.1, 0.15) is 11.5 Å². The Balaban J connectivity index is 1.61. The quantitative estimate of drug-likeness (QED) is 0.217. The molecule has 0 aromatic heterocycles. The van der Waals surface area contributed by atoms with Gasteiger partial charge in [-0.3, -0.25) is 9.69 Å². The lowest BCUT2D eigenvalue weighted by molar-refractivity contribution is -0.143. The number of ether oxygens (including phenoxy) is 1. The average Bonchev–Trinajstić information content (AvgIpc) is 3.16. The van der Waals surface area contributed by atoms with Crippen LogP contribution in [-0.4, -0.2) is 5.91 Å². The maximum absolute atomic E-state index is 14.3. The smallest absolute Gasteiger partial charge is 0.367 e. The van der Waals surface area contributed by atoms with Gasteiger partial charge in [0, 0.05) is 5.69 Å². The lowest BCUT2D eigenvalue weighted by atomic mass is 9.75. The van der Waals surface area contributed by atoms with Crippen molar-refractivity contribution in [2.24, 2.45) is 0 Å². The molecular formula is C32H25F6NO2. The molecule has 0 N–H and O–H groups in total. The maximum atomic E-state index is 14.3. The van der Waals surface area contributed by atoms with Crippen molar-refractivity contribution in [3.63, 3.8) is 0 Å². The van der Waals surface area contributed by atoms with Crippen molar-refractivity contribution in [3.8, 4) is 0 Å². The summed E-state index contributed by atoms with van der Waals surface area (Å²) in [6.07, 6.45) is -11.0. The van der Waals surface area contributed by atoms with E-state index in [1.165, 1.54) is 0 Å². The Morgan fingerprint density at radius 1 is 0.780 bits per heavy atom. The Labute approximate surface area is 233 Å². The number of alkyl halides is 6. The first-order valence-electron chi connectivity index (χ1n) is 12.8. The summed E-state index contributed by atoms with van der Waals surface area (Å²) in [5.41, 5.74) is -1.20. The Morgan fingerprint density at radius 2 is 1.34 bits per heavy atom. The Bertz CT molecular complexity index is 1530. The molecule has 1 aliphatic heterocycles. The monoisotopic (exact) mass is 569 g/mol. The first-order valence-corrected chi connectivity index (χ1v) is 12.8. The minimum absolute atomic E-state index is 0.0801. The fraction of sp³-hybridized carbons (Fsp3) is 0.219. The van der Waals surface area contributed by atoms with E-state index >= 15 is 0 Å². The molecule has 2 atom stereocenters. The molecule has 0 bridgehead atoms. The number of hydrogen-bond acceptors (Lipinski definition) is 2. The van der Waals surface area contributed by atoms with Gasteiger partial charge in [0.25, 0.3) is 0 Å². The van der Waals surface area contributed by atoms with E-state index in [9.17, 15) is 31.1 Å². The Kier molecular flexibility index (Phi) is 7.19. The highest BCUT2D eigenvalue weighted by Crippen LogP contribution is 2.52. The van der Waals surface area contributed by atoms with Gasteiger partial charge in [0.05, 0.1) is 23.4 Å². The molecule has 1 amide bonds. The van der Waals surface area contributed by atoms with Gasteiger partial charge in [-0.2, -0.15) is 26.3 Å². The summed E-state index contributed by atoms with van der Waals surface area (Å²) in [6.45, 7) is 2.96. The van der Waals surface area contributed by atoms with E-state index in [1.807, 2.05) is 13.0 Å². The van der Waals surface area contributed by atoms with E-state index in [4.69, 9.17) is 4.74 Å². The van der Waals surface area contributed by atoms with Gasteiger partial charge in [0.2, 0.25) is 5.91 Å². The van der Waals surface area contributed by atoms with Gasteiger partial charge in [-0.05, 0) is 66.9 Å². The zero-order chi connectivity index (χ0) is 29.6. The third-order valence-corrected chi connectivity index (χ3v) is 7.33. The van der Waals surface area contributed by atoms with E-state index in [1.54, 1.807) is 84.6 Å². The molecule has 0 spiro atoms. The molecule has 1 heterocycles. The van der Waals surface area contributed by atoms with Crippen molar-refractivity contribution in [1.82, 2.24) is 0 Å². The summed E-state index contributed by atoms with van der Waals surface area (Å²) in [6, 6.07) is 24.6. The number of amides is 1. The predicted octanol–water partition coefficient (Wildman–Crippen LogP) is 8.93. The summed E-state index contributed by atoms with van der Waals surface area (Å²) in [7, 11) is 0. The molecule has 41 heavy (non-hydrogen) atoms. The second-order valence-electron chi connectivity index (χ2n) is 10.2. The second-order valence-corrected chi connectivity index (χ2v) is 10.2. The van der Waals surface area contributed by atoms with Crippen LogP contribution >= 0.6 is 0 Å². The van der Waals surface area contributed by atoms with Crippen LogP contribution in [0.25, 0.3) is 0 Å². The number of halogens is 6. The van der Waals surface area contributed by atoms with Crippen LogP contribution in [0.15, 0.2) is 97.1 Å². The van der Waals surface area contributed by atoms with Crippen molar-refractivity contribution < 1.29 is 35.9 Å². The van der Waals surface area contributed by atoms with Crippen molar-refractivity contribution >= 4 is 17.3 Å². The van der Waals surface area contributed by atoms with Crippen molar-refractivity contribution in [1.29, 1.82) is 0 Å². The van der Waals surface area contributed by atoms with Gasteiger partial charge in [-0.1, -0.05) is 66.2 Å². The highest BCUT2D eigenvalue weighted by molar-refractivity contribution is 6.13. The number of benzene rings is 4. The molecule has 5 rings (SSSR count). The topological polar surface area (TPSA) is 29.5 Å².